The average molecular weight is 141 g/mol. The van der Waals surface area contributed by atoms with Crippen LogP contribution in [0.25, 0.3) is 0 Å². The van der Waals surface area contributed by atoms with Crippen LogP contribution in [-0.4, -0.2) is 17.3 Å². The molecule has 9 heavy (non-hydrogen) atoms. The highest BCUT2D eigenvalue weighted by Gasteiger charge is 2.21. The van der Waals surface area contributed by atoms with Crippen molar-refractivity contribution in [1.29, 1.82) is 0 Å². The molecule has 0 spiro atoms. The van der Waals surface area contributed by atoms with Crippen molar-refractivity contribution in [3.05, 3.63) is 0 Å². The molecule has 0 aromatic heterocycles. The fraction of sp³-hybridized carbons (Fsp3) is 0.750. The molecule has 1 rings (SSSR count). The van der Waals surface area contributed by atoms with E-state index in [1.54, 1.807) is 0 Å². The van der Waals surface area contributed by atoms with Crippen molar-refractivity contribution < 1.29 is 0 Å². The highest BCUT2D eigenvalue weighted by molar-refractivity contribution is 7.97. The van der Waals surface area contributed by atoms with E-state index in [0.29, 0.717) is 10.9 Å². The maximum absolute atomic E-state index is 3.15. The Morgan fingerprint density at radius 2 is 2.00 bits per heavy atom. The highest BCUT2D eigenvalue weighted by Crippen LogP contribution is 2.12. The van der Waals surface area contributed by atoms with Gasteiger partial charge in [-0.25, -0.2) is 0 Å². The lowest BCUT2D eigenvalue weighted by molar-refractivity contribution is 0.949. The summed E-state index contributed by atoms with van der Waals surface area (Å²) >= 11 is 0. The van der Waals surface area contributed by atoms with Crippen molar-refractivity contribution in [2.24, 2.45) is 0 Å². The molecule has 0 amide bonds. The predicted molar refractivity (Wildman–Crippen MR) is 44.7 cm³/mol. The second-order valence-electron chi connectivity index (χ2n) is 2.30. The van der Waals surface area contributed by atoms with Crippen LogP contribution in [0.1, 0.15) is 19.8 Å². The van der Waals surface area contributed by atoms with Gasteiger partial charge in [0.2, 0.25) is 0 Å². The molecule has 1 fully saturated rings. The normalized spacial score (nSPS) is 19.2. The van der Waals surface area contributed by atoms with Crippen LogP contribution in [0.15, 0.2) is 0 Å². The van der Waals surface area contributed by atoms with Gasteiger partial charge in [-0.1, -0.05) is 0 Å². The minimum Gasteiger partial charge on any atom is -0.102 e. The zero-order valence-corrected chi connectivity index (χ0v) is 6.76. The van der Waals surface area contributed by atoms with E-state index < -0.39 is 0 Å². The summed E-state index contributed by atoms with van der Waals surface area (Å²) < 4.78 is 0. The first-order valence-corrected chi connectivity index (χ1v) is 5.20. The van der Waals surface area contributed by atoms with Crippen molar-refractivity contribution >= 4 is 10.9 Å². The standard InChI is InChI=1S/C8H13S/c1-2-3-6-9-7-4-5-8-9/h4-8H2,1H3/q+1. The Balaban J connectivity index is 2.16. The quantitative estimate of drug-likeness (QED) is 0.383. The van der Waals surface area contributed by atoms with Gasteiger partial charge in [-0.3, -0.25) is 0 Å². The Kier molecular flexibility index (Phi) is 3.00. The van der Waals surface area contributed by atoms with Crippen LogP contribution in [-0.2, 0) is 10.9 Å². The minimum absolute atomic E-state index is 0.699. The van der Waals surface area contributed by atoms with E-state index in [-0.39, 0.29) is 0 Å². The molecule has 50 valence electrons. The van der Waals surface area contributed by atoms with Crippen LogP contribution in [0, 0.1) is 11.8 Å². The summed E-state index contributed by atoms with van der Waals surface area (Å²) in [5, 5.41) is 0. The molecule has 1 heteroatoms. The summed E-state index contributed by atoms with van der Waals surface area (Å²) in [6.45, 7) is 1.93. The molecule has 0 atom stereocenters. The summed E-state index contributed by atoms with van der Waals surface area (Å²) in [5.74, 6) is 10.2. The van der Waals surface area contributed by atoms with E-state index in [1.807, 2.05) is 6.92 Å². The van der Waals surface area contributed by atoms with Gasteiger partial charge in [0.05, 0.1) is 0 Å². The van der Waals surface area contributed by atoms with E-state index >= 15 is 0 Å². The first-order valence-electron chi connectivity index (χ1n) is 3.47. The Labute approximate surface area is 60.4 Å². The number of hydrogen-bond acceptors (Lipinski definition) is 0. The number of rotatable bonds is 1. The van der Waals surface area contributed by atoms with Crippen LogP contribution in [0.4, 0.5) is 0 Å². The van der Waals surface area contributed by atoms with E-state index in [4.69, 9.17) is 0 Å². The molecule has 0 nitrogen and oxygen atoms in total. The molecule has 0 aliphatic carbocycles. The molecule has 0 aromatic carbocycles. The Hall–Kier alpha value is -0.0900. The summed E-state index contributed by atoms with van der Waals surface area (Å²) in [7, 11) is 0.699. The summed E-state index contributed by atoms with van der Waals surface area (Å²) in [5.41, 5.74) is 0. The first-order chi connectivity index (χ1) is 4.43. The molecule has 1 aliphatic heterocycles. The molecule has 1 saturated heterocycles. The molecule has 0 saturated carbocycles. The molecule has 0 bridgehead atoms. The molecule has 0 N–H and O–H groups in total. The maximum atomic E-state index is 3.15. The van der Waals surface area contributed by atoms with Gasteiger partial charge in [-0.15, -0.1) is 5.92 Å². The van der Waals surface area contributed by atoms with E-state index in [0.717, 1.165) is 0 Å². The van der Waals surface area contributed by atoms with Crippen molar-refractivity contribution in [3.8, 4) is 11.8 Å². The van der Waals surface area contributed by atoms with Gasteiger partial charge in [-0.05, 0) is 36.6 Å². The third-order valence-electron chi connectivity index (χ3n) is 1.57. The molecule has 0 aromatic rings. The van der Waals surface area contributed by atoms with E-state index in [2.05, 4.69) is 11.8 Å². The molecule has 0 radical (unpaired) electrons. The van der Waals surface area contributed by atoms with Crippen LogP contribution < -0.4 is 0 Å². The second-order valence-corrected chi connectivity index (χ2v) is 4.63. The third-order valence-corrected chi connectivity index (χ3v) is 3.85. The highest BCUT2D eigenvalue weighted by atomic mass is 32.2. The van der Waals surface area contributed by atoms with Gasteiger partial charge >= 0.3 is 0 Å². The van der Waals surface area contributed by atoms with Crippen LogP contribution in [0.2, 0.25) is 0 Å². The lowest BCUT2D eigenvalue weighted by Crippen LogP contribution is -2.06. The van der Waals surface area contributed by atoms with Crippen LogP contribution >= 0.6 is 0 Å². The lowest BCUT2D eigenvalue weighted by Gasteiger charge is -1.90. The molecule has 1 heterocycles. The topological polar surface area (TPSA) is 0 Å². The van der Waals surface area contributed by atoms with Crippen molar-refractivity contribution in [2.75, 3.05) is 17.3 Å². The zero-order valence-electron chi connectivity index (χ0n) is 5.94. The Morgan fingerprint density at radius 3 is 2.56 bits per heavy atom. The summed E-state index contributed by atoms with van der Waals surface area (Å²) in [6.07, 6.45) is 2.91. The van der Waals surface area contributed by atoms with Gasteiger partial charge < -0.3 is 0 Å². The van der Waals surface area contributed by atoms with Crippen molar-refractivity contribution in [1.82, 2.24) is 0 Å². The molecular weight excluding hydrogens is 128 g/mol. The van der Waals surface area contributed by atoms with Gasteiger partial charge in [0.25, 0.3) is 0 Å². The van der Waals surface area contributed by atoms with Crippen LogP contribution in [0.5, 0.6) is 0 Å². The van der Waals surface area contributed by atoms with Crippen molar-refractivity contribution in [3.63, 3.8) is 0 Å². The fourth-order valence-electron chi connectivity index (χ4n) is 1.03. The first kappa shape index (κ1) is 7.02. The SMILES string of the molecule is CC#CC[S+]1CCCC1. The van der Waals surface area contributed by atoms with Crippen LogP contribution in [0.3, 0.4) is 0 Å². The smallest absolute Gasteiger partial charge is 0.102 e. The van der Waals surface area contributed by atoms with Gasteiger partial charge in [0, 0.05) is 0 Å². The summed E-state index contributed by atoms with van der Waals surface area (Å²) in [4.78, 5) is 0. The average Bonchev–Trinajstić information content (AvgIpc) is 2.34. The van der Waals surface area contributed by atoms with Gasteiger partial charge in [0.1, 0.15) is 11.5 Å². The lowest BCUT2D eigenvalue weighted by atomic mass is 10.4. The van der Waals surface area contributed by atoms with Crippen molar-refractivity contribution in [2.45, 2.75) is 19.8 Å². The number of hydrogen-bond donors (Lipinski definition) is 0. The molecule has 0 unspecified atom stereocenters. The second kappa shape index (κ2) is 3.85. The Bertz CT molecular complexity index is 123. The molecular formula is C8H13S+. The molecule has 1 aliphatic rings. The third kappa shape index (κ3) is 2.32. The van der Waals surface area contributed by atoms with Gasteiger partial charge in [0.15, 0.2) is 5.75 Å². The predicted octanol–water partition coefficient (Wildman–Crippen LogP) is 1.42. The zero-order chi connectivity index (χ0) is 6.53. The Morgan fingerprint density at radius 1 is 1.33 bits per heavy atom. The summed E-state index contributed by atoms with van der Waals surface area (Å²) in [6, 6.07) is 0. The monoisotopic (exact) mass is 141 g/mol. The fourth-order valence-corrected chi connectivity index (χ4v) is 3.10. The van der Waals surface area contributed by atoms with E-state index in [9.17, 15) is 0 Å². The maximum Gasteiger partial charge on any atom is 0.168 e. The minimum atomic E-state index is 0.699. The van der Waals surface area contributed by atoms with E-state index in [1.165, 1.54) is 30.1 Å². The van der Waals surface area contributed by atoms with Gasteiger partial charge in [-0.2, -0.15) is 0 Å². The largest absolute Gasteiger partial charge is 0.168 e.